The van der Waals surface area contributed by atoms with E-state index in [4.69, 9.17) is 0 Å². The molecular formula is C23H22INO3S. The Morgan fingerprint density at radius 2 is 1.62 bits per heavy atom. The van der Waals surface area contributed by atoms with Crippen molar-refractivity contribution in [3.8, 4) is 21.8 Å². The van der Waals surface area contributed by atoms with Gasteiger partial charge in [0.15, 0.2) is 0 Å². The van der Waals surface area contributed by atoms with Crippen LogP contribution in [0.15, 0.2) is 53.4 Å². The van der Waals surface area contributed by atoms with Crippen molar-refractivity contribution in [1.82, 2.24) is 4.31 Å². The van der Waals surface area contributed by atoms with Crippen LogP contribution in [0.5, 0.6) is 0 Å². The first-order valence-corrected chi connectivity index (χ1v) is 11.8. The van der Waals surface area contributed by atoms with Gasteiger partial charge in [0.25, 0.3) is 10.0 Å². The Balaban J connectivity index is 2.34. The highest BCUT2D eigenvalue weighted by atomic mass is 127. The molecule has 0 fully saturated rings. The van der Waals surface area contributed by atoms with Gasteiger partial charge < -0.3 is 4.79 Å². The van der Waals surface area contributed by atoms with E-state index in [1.54, 1.807) is 24.3 Å². The molecule has 2 aromatic carbocycles. The van der Waals surface area contributed by atoms with E-state index in [9.17, 15) is 13.2 Å². The van der Waals surface area contributed by atoms with Crippen molar-refractivity contribution in [3.05, 3.63) is 65.2 Å². The quantitative estimate of drug-likeness (QED) is 0.170. The summed E-state index contributed by atoms with van der Waals surface area (Å²) in [6.07, 6.45) is 3.49. The van der Waals surface area contributed by atoms with Gasteiger partial charge in [0, 0.05) is 52.7 Å². The van der Waals surface area contributed by atoms with Crippen molar-refractivity contribution in [3.63, 3.8) is 0 Å². The summed E-state index contributed by atoms with van der Waals surface area (Å²) in [5.41, 5.74) is 2.43. The number of hydrogen-bond acceptors (Lipinski definition) is 3. The third-order valence-electron chi connectivity index (χ3n) is 4.22. The van der Waals surface area contributed by atoms with Crippen LogP contribution in [0.2, 0.25) is 0 Å². The molecule has 2 rings (SSSR count). The Labute approximate surface area is 186 Å². The monoisotopic (exact) mass is 519 g/mol. The van der Waals surface area contributed by atoms with Crippen LogP contribution in [0.3, 0.4) is 0 Å². The van der Waals surface area contributed by atoms with Gasteiger partial charge in [-0.3, -0.25) is 0 Å². The molecular weight excluding hydrogens is 497 g/mol. The fourth-order valence-corrected chi connectivity index (χ4v) is 4.17. The van der Waals surface area contributed by atoms with Gasteiger partial charge in [0.05, 0.1) is 4.90 Å². The number of hydrogen-bond donors (Lipinski definition) is 0. The molecule has 0 bridgehead atoms. The van der Waals surface area contributed by atoms with E-state index < -0.39 is 10.0 Å². The summed E-state index contributed by atoms with van der Waals surface area (Å²) in [4.78, 5) is 10.7. The van der Waals surface area contributed by atoms with Crippen LogP contribution in [0, 0.1) is 28.7 Å². The molecule has 0 aromatic heterocycles. The van der Waals surface area contributed by atoms with Crippen molar-refractivity contribution in [1.29, 1.82) is 0 Å². The lowest BCUT2D eigenvalue weighted by molar-refractivity contribution is -0.107. The van der Waals surface area contributed by atoms with Gasteiger partial charge in [-0.25, -0.2) is 12.7 Å². The molecule has 0 spiro atoms. The molecule has 2 aromatic rings. The number of benzene rings is 2. The molecule has 0 saturated heterocycles. The second kappa shape index (κ2) is 11.6. The van der Waals surface area contributed by atoms with Gasteiger partial charge in [-0.1, -0.05) is 42.2 Å². The summed E-state index contributed by atoms with van der Waals surface area (Å²) >= 11 is 1.96. The Bertz CT molecular complexity index is 1060. The van der Waals surface area contributed by atoms with Crippen LogP contribution < -0.4 is 0 Å². The number of halogens is 1. The van der Waals surface area contributed by atoms with E-state index in [0.29, 0.717) is 18.4 Å². The maximum Gasteiger partial charge on any atom is 0.270 e. The van der Waals surface area contributed by atoms with Gasteiger partial charge in [-0.2, -0.15) is 0 Å². The maximum atomic E-state index is 13.1. The number of sulfonamides is 1. The number of aryl methyl sites for hydroxylation is 1. The standard InChI is InChI=1S/C23H22INO3S/c1-20-10-12-23(13-11-20)29(27,28)25(17-6-2-3-7-19-26)18-15-22-9-5-4-8-21(22)14-16-24/h4-5,8-13,19H,2-3,6-7,17H2,1H3. The van der Waals surface area contributed by atoms with Gasteiger partial charge in [0.1, 0.15) is 6.29 Å². The summed E-state index contributed by atoms with van der Waals surface area (Å²) in [5, 5.41) is 0. The topological polar surface area (TPSA) is 54.5 Å². The molecule has 0 aliphatic heterocycles. The maximum absolute atomic E-state index is 13.1. The van der Waals surface area contributed by atoms with Crippen LogP contribution in [0.1, 0.15) is 42.4 Å². The minimum absolute atomic E-state index is 0.214. The second-order valence-electron chi connectivity index (χ2n) is 6.41. The summed E-state index contributed by atoms with van der Waals surface area (Å²) in [7, 11) is -3.75. The average molecular weight is 519 g/mol. The predicted molar refractivity (Wildman–Crippen MR) is 124 cm³/mol. The first kappa shape index (κ1) is 23.0. The van der Waals surface area contributed by atoms with Crippen molar-refractivity contribution < 1.29 is 13.2 Å². The third-order valence-corrected chi connectivity index (χ3v) is 6.21. The molecule has 4 nitrogen and oxygen atoms in total. The lowest BCUT2D eigenvalue weighted by Crippen LogP contribution is -2.27. The van der Waals surface area contributed by atoms with E-state index in [1.807, 2.05) is 53.8 Å². The second-order valence-corrected chi connectivity index (χ2v) is 8.81. The van der Waals surface area contributed by atoms with E-state index in [1.165, 1.54) is 4.31 Å². The summed E-state index contributed by atoms with van der Waals surface area (Å²) in [6.45, 7) is 2.17. The van der Waals surface area contributed by atoms with Crippen molar-refractivity contribution in [2.24, 2.45) is 0 Å². The van der Waals surface area contributed by atoms with Crippen LogP contribution in [0.4, 0.5) is 0 Å². The highest BCUT2D eigenvalue weighted by Gasteiger charge is 2.21. The minimum Gasteiger partial charge on any atom is -0.303 e. The van der Waals surface area contributed by atoms with E-state index in [0.717, 1.165) is 30.3 Å². The molecule has 0 aliphatic rings. The Morgan fingerprint density at radius 3 is 2.24 bits per heavy atom. The van der Waals surface area contributed by atoms with Gasteiger partial charge in [-0.05, 0) is 53.9 Å². The van der Waals surface area contributed by atoms with Gasteiger partial charge >= 0.3 is 0 Å². The Morgan fingerprint density at radius 1 is 0.966 bits per heavy atom. The molecule has 0 unspecified atom stereocenters. The van der Waals surface area contributed by atoms with E-state index in [2.05, 4.69) is 21.8 Å². The highest BCUT2D eigenvalue weighted by Crippen LogP contribution is 2.17. The third kappa shape index (κ3) is 6.92. The Kier molecular flexibility index (Phi) is 9.24. The molecule has 29 heavy (non-hydrogen) atoms. The van der Waals surface area contributed by atoms with Crippen LogP contribution >= 0.6 is 22.6 Å². The van der Waals surface area contributed by atoms with Crippen LogP contribution in [0.25, 0.3) is 0 Å². The smallest absolute Gasteiger partial charge is 0.270 e. The molecule has 0 radical (unpaired) electrons. The first-order valence-electron chi connectivity index (χ1n) is 9.24. The average Bonchev–Trinajstić information content (AvgIpc) is 2.71. The summed E-state index contributed by atoms with van der Waals surface area (Å²) in [6, 6.07) is 17.0. The summed E-state index contributed by atoms with van der Waals surface area (Å²) < 4.78 is 30.3. The van der Waals surface area contributed by atoms with Crippen LogP contribution in [-0.4, -0.2) is 25.6 Å². The minimum atomic E-state index is -3.75. The molecule has 0 N–H and O–H groups in total. The number of aldehydes is 1. The fourth-order valence-electron chi connectivity index (χ4n) is 2.61. The molecule has 0 heterocycles. The molecule has 0 aliphatic carbocycles. The number of nitrogens with zero attached hydrogens (tertiary/aromatic N) is 1. The largest absolute Gasteiger partial charge is 0.303 e. The summed E-state index contributed by atoms with van der Waals surface area (Å²) in [5.74, 6) is 5.95. The number of rotatable bonds is 8. The Hall–Kier alpha value is -2.29. The zero-order valence-electron chi connectivity index (χ0n) is 16.2. The lowest BCUT2D eigenvalue weighted by atomic mass is 10.1. The number of unbranched alkanes of at least 4 members (excludes halogenated alkanes) is 3. The van der Waals surface area contributed by atoms with Gasteiger partial charge in [0.2, 0.25) is 0 Å². The number of carbonyl (C=O) groups is 1. The molecule has 150 valence electrons. The van der Waals surface area contributed by atoms with E-state index >= 15 is 0 Å². The fraction of sp³-hybridized carbons (Fsp3) is 0.261. The van der Waals surface area contributed by atoms with Crippen LogP contribution in [-0.2, 0) is 14.8 Å². The SMILES string of the molecule is Cc1ccc(S(=O)(=O)N(C#Cc2ccccc2C#CI)CCCCCC=O)cc1. The van der Waals surface area contributed by atoms with Crippen molar-refractivity contribution >= 4 is 38.9 Å². The highest BCUT2D eigenvalue weighted by molar-refractivity contribution is 14.1. The molecule has 6 heteroatoms. The van der Waals surface area contributed by atoms with E-state index in [-0.39, 0.29) is 11.4 Å². The lowest BCUT2D eigenvalue weighted by Gasteiger charge is -2.18. The van der Waals surface area contributed by atoms with Crippen molar-refractivity contribution in [2.45, 2.75) is 37.5 Å². The zero-order valence-corrected chi connectivity index (χ0v) is 19.2. The van der Waals surface area contributed by atoms with Gasteiger partial charge in [-0.15, -0.1) is 0 Å². The molecule has 0 atom stereocenters. The molecule has 0 amide bonds. The van der Waals surface area contributed by atoms with Crippen molar-refractivity contribution in [2.75, 3.05) is 6.54 Å². The predicted octanol–water partition coefficient (Wildman–Crippen LogP) is 4.50. The normalized spacial score (nSPS) is 10.3. The first-order chi connectivity index (χ1) is 14.0. The number of carbonyl (C=O) groups excluding carboxylic acids is 1. The zero-order chi connectivity index (χ0) is 21.1. The molecule has 0 saturated carbocycles.